The van der Waals surface area contributed by atoms with E-state index in [1.165, 1.54) is 18.2 Å². The SMILES string of the molecule is CC(NCc1ccc([N+](=O)[O-])s1)c1ccc(F)cc1F. The molecule has 1 aromatic carbocycles. The van der Waals surface area contributed by atoms with E-state index in [0.29, 0.717) is 12.1 Å². The van der Waals surface area contributed by atoms with Gasteiger partial charge in [-0.15, -0.1) is 0 Å². The monoisotopic (exact) mass is 298 g/mol. The zero-order chi connectivity index (χ0) is 14.7. The number of halogens is 2. The fourth-order valence-electron chi connectivity index (χ4n) is 1.78. The van der Waals surface area contributed by atoms with Crippen LogP contribution in [0.1, 0.15) is 23.4 Å². The van der Waals surface area contributed by atoms with E-state index in [1.807, 2.05) is 0 Å². The van der Waals surface area contributed by atoms with Crippen LogP contribution in [0.4, 0.5) is 13.8 Å². The molecule has 4 nitrogen and oxygen atoms in total. The Morgan fingerprint density at radius 2 is 2.10 bits per heavy atom. The zero-order valence-electron chi connectivity index (χ0n) is 10.6. The first-order valence-corrected chi connectivity index (χ1v) is 6.70. The Hall–Kier alpha value is -1.86. The van der Waals surface area contributed by atoms with Gasteiger partial charge in [-0.1, -0.05) is 17.4 Å². The molecule has 7 heteroatoms. The molecular weight excluding hydrogens is 286 g/mol. The van der Waals surface area contributed by atoms with E-state index >= 15 is 0 Å². The maximum absolute atomic E-state index is 13.6. The maximum Gasteiger partial charge on any atom is 0.324 e. The molecule has 0 spiro atoms. The third-order valence-electron chi connectivity index (χ3n) is 2.84. The van der Waals surface area contributed by atoms with E-state index < -0.39 is 16.6 Å². The predicted molar refractivity (Wildman–Crippen MR) is 72.6 cm³/mol. The third-order valence-corrected chi connectivity index (χ3v) is 3.88. The van der Waals surface area contributed by atoms with Crippen molar-refractivity contribution in [3.8, 4) is 0 Å². The number of thiophene rings is 1. The Morgan fingerprint density at radius 3 is 2.70 bits per heavy atom. The fourth-order valence-corrected chi connectivity index (χ4v) is 2.55. The minimum absolute atomic E-state index is 0.0717. The Kier molecular flexibility index (Phi) is 4.41. The number of benzene rings is 1. The highest BCUT2D eigenvalue weighted by atomic mass is 32.1. The van der Waals surface area contributed by atoms with Crippen LogP contribution in [-0.2, 0) is 6.54 Å². The van der Waals surface area contributed by atoms with Gasteiger partial charge in [0, 0.05) is 35.2 Å². The third kappa shape index (κ3) is 3.37. The van der Waals surface area contributed by atoms with Crippen LogP contribution < -0.4 is 5.32 Å². The molecule has 0 bridgehead atoms. The summed E-state index contributed by atoms with van der Waals surface area (Å²) in [5.41, 5.74) is 0.359. The average Bonchev–Trinajstić information content (AvgIpc) is 2.85. The number of nitro groups is 1. The first kappa shape index (κ1) is 14.5. The summed E-state index contributed by atoms with van der Waals surface area (Å²) in [7, 11) is 0. The molecule has 0 radical (unpaired) electrons. The second-order valence-electron chi connectivity index (χ2n) is 4.27. The molecule has 106 valence electrons. The lowest BCUT2D eigenvalue weighted by molar-refractivity contribution is -0.380. The largest absolute Gasteiger partial charge is 0.324 e. The van der Waals surface area contributed by atoms with Crippen LogP contribution >= 0.6 is 11.3 Å². The van der Waals surface area contributed by atoms with Crippen LogP contribution in [-0.4, -0.2) is 4.92 Å². The van der Waals surface area contributed by atoms with Gasteiger partial charge in [0.15, 0.2) is 0 Å². The van der Waals surface area contributed by atoms with Gasteiger partial charge in [-0.25, -0.2) is 8.78 Å². The minimum atomic E-state index is -0.618. The first-order chi connectivity index (χ1) is 9.47. The summed E-state index contributed by atoms with van der Waals surface area (Å²) in [5, 5.41) is 13.7. The summed E-state index contributed by atoms with van der Waals surface area (Å²) in [6.45, 7) is 2.13. The number of nitrogens with zero attached hydrogens (tertiary/aromatic N) is 1. The molecule has 1 atom stereocenters. The van der Waals surface area contributed by atoms with Crippen LogP contribution in [0.3, 0.4) is 0 Å². The van der Waals surface area contributed by atoms with E-state index in [9.17, 15) is 18.9 Å². The normalized spacial score (nSPS) is 12.3. The van der Waals surface area contributed by atoms with Gasteiger partial charge >= 0.3 is 5.00 Å². The van der Waals surface area contributed by atoms with Crippen molar-refractivity contribution in [3.05, 3.63) is 62.5 Å². The summed E-state index contributed by atoms with van der Waals surface area (Å²) in [4.78, 5) is 10.9. The standard InChI is InChI=1S/C13H12F2N2O2S/c1-8(11-4-2-9(14)6-12(11)15)16-7-10-3-5-13(20-10)17(18)19/h2-6,8,16H,7H2,1H3. The highest BCUT2D eigenvalue weighted by molar-refractivity contribution is 7.15. The van der Waals surface area contributed by atoms with Crippen molar-refractivity contribution in [3.63, 3.8) is 0 Å². The lowest BCUT2D eigenvalue weighted by Gasteiger charge is -2.14. The summed E-state index contributed by atoms with van der Waals surface area (Å²) < 4.78 is 26.4. The number of hydrogen-bond donors (Lipinski definition) is 1. The lowest BCUT2D eigenvalue weighted by Crippen LogP contribution is -2.18. The molecule has 1 unspecified atom stereocenters. The summed E-state index contributed by atoms with van der Waals surface area (Å²) in [6.07, 6.45) is 0. The minimum Gasteiger partial charge on any atom is -0.305 e. The van der Waals surface area contributed by atoms with Crippen molar-refractivity contribution in [2.45, 2.75) is 19.5 Å². The van der Waals surface area contributed by atoms with Crippen LogP contribution in [0, 0.1) is 21.7 Å². The first-order valence-electron chi connectivity index (χ1n) is 5.89. The summed E-state index contributed by atoms with van der Waals surface area (Å²) in [5.74, 6) is -1.23. The summed E-state index contributed by atoms with van der Waals surface area (Å²) in [6, 6.07) is 6.20. The van der Waals surface area contributed by atoms with Crippen LogP contribution in [0.15, 0.2) is 30.3 Å². The van der Waals surface area contributed by atoms with Gasteiger partial charge in [-0.05, 0) is 19.1 Å². The molecule has 0 aliphatic rings. The Balaban J connectivity index is 2.00. The van der Waals surface area contributed by atoms with Gasteiger partial charge in [0.1, 0.15) is 11.6 Å². The van der Waals surface area contributed by atoms with Gasteiger partial charge in [-0.3, -0.25) is 10.1 Å². The van der Waals surface area contributed by atoms with Crippen molar-refractivity contribution < 1.29 is 13.7 Å². The molecule has 0 amide bonds. The van der Waals surface area contributed by atoms with E-state index in [-0.39, 0.29) is 11.0 Å². The summed E-state index contributed by atoms with van der Waals surface area (Å²) >= 11 is 1.07. The van der Waals surface area contributed by atoms with Crippen molar-refractivity contribution in [1.82, 2.24) is 5.32 Å². The highest BCUT2D eigenvalue weighted by Crippen LogP contribution is 2.25. The van der Waals surface area contributed by atoms with E-state index in [0.717, 1.165) is 22.3 Å². The molecular formula is C13H12F2N2O2S. The molecule has 2 rings (SSSR count). The molecule has 2 aromatic rings. The zero-order valence-corrected chi connectivity index (χ0v) is 11.4. The van der Waals surface area contributed by atoms with Crippen LogP contribution in [0.5, 0.6) is 0 Å². The number of hydrogen-bond acceptors (Lipinski definition) is 4. The topological polar surface area (TPSA) is 55.2 Å². The molecule has 0 aliphatic carbocycles. The van der Waals surface area contributed by atoms with Crippen molar-refractivity contribution in [2.75, 3.05) is 0 Å². The van der Waals surface area contributed by atoms with Crippen molar-refractivity contribution in [1.29, 1.82) is 0 Å². The fraction of sp³-hybridized carbons (Fsp3) is 0.231. The average molecular weight is 298 g/mol. The molecule has 0 saturated heterocycles. The van der Waals surface area contributed by atoms with Crippen LogP contribution in [0.2, 0.25) is 0 Å². The Bertz CT molecular complexity index is 631. The number of nitrogens with one attached hydrogen (secondary N) is 1. The molecule has 1 aromatic heterocycles. The molecule has 1 heterocycles. The van der Waals surface area contributed by atoms with Gasteiger partial charge in [0.2, 0.25) is 0 Å². The van der Waals surface area contributed by atoms with Gasteiger partial charge < -0.3 is 5.32 Å². The molecule has 0 fully saturated rings. The second kappa shape index (κ2) is 6.06. The van der Waals surface area contributed by atoms with Crippen molar-refractivity contribution in [2.24, 2.45) is 0 Å². The van der Waals surface area contributed by atoms with Crippen molar-refractivity contribution >= 4 is 16.3 Å². The van der Waals surface area contributed by atoms with Gasteiger partial charge in [0.05, 0.1) is 4.92 Å². The molecule has 0 aliphatic heterocycles. The second-order valence-corrected chi connectivity index (χ2v) is 5.41. The van der Waals surface area contributed by atoms with E-state index in [4.69, 9.17) is 0 Å². The maximum atomic E-state index is 13.6. The molecule has 20 heavy (non-hydrogen) atoms. The number of rotatable bonds is 5. The Morgan fingerprint density at radius 1 is 1.35 bits per heavy atom. The lowest BCUT2D eigenvalue weighted by atomic mass is 10.1. The van der Waals surface area contributed by atoms with Gasteiger partial charge in [-0.2, -0.15) is 0 Å². The highest BCUT2D eigenvalue weighted by Gasteiger charge is 2.13. The quantitative estimate of drug-likeness (QED) is 0.675. The van der Waals surface area contributed by atoms with Gasteiger partial charge in [0.25, 0.3) is 0 Å². The smallest absolute Gasteiger partial charge is 0.305 e. The molecule has 0 saturated carbocycles. The Labute approximate surface area is 118 Å². The molecule has 1 N–H and O–H groups in total. The predicted octanol–water partition coefficient (Wildman–Crippen LogP) is 3.79. The van der Waals surface area contributed by atoms with E-state index in [1.54, 1.807) is 13.0 Å². The van der Waals surface area contributed by atoms with Crippen LogP contribution in [0.25, 0.3) is 0 Å². The van der Waals surface area contributed by atoms with E-state index in [2.05, 4.69) is 5.32 Å².